The van der Waals surface area contributed by atoms with Gasteiger partial charge in [0.2, 0.25) is 5.91 Å². The second-order valence-electron chi connectivity index (χ2n) is 8.00. The summed E-state index contributed by atoms with van der Waals surface area (Å²) in [6, 6.07) is 13.5. The number of rotatable bonds is 8. The van der Waals surface area contributed by atoms with Gasteiger partial charge in [0, 0.05) is 12.1 Å². The van der Waals surface area contributed by atoms with Crippen molar-refractivity contribution in [2.75, 3.05) is 32.8 Å². The summed E-state index contributed by atoms with van der Waals surface area (Å²) in [5, 5.41) is 14.0. The van der Waals surface area contributed by atoms with Crippen LogP contribution in [0.5, 0.6) is 11.5 Å². The van der Waals surface area contributed by atoms with E-state index in [1.165, 1.54) is 0 Å². The number of nitrogens with one attached hydrogen (secondary N) is 1. The van der Waals surface area contributed by atoms with Crippen LogP contribution in [0.2, 0.25) is 0 Å². The lowest BCUT2D eigenvalue weighted by molar-refractivity contribution is -0.122. The summed E-state index contributed by atoms with van der Waals surface area (Å²) >= 11 is 0. The number of carbonyl (C=O) groups excluding carboxylic acids is 2. The molecule has 0 bridgehead atoms. The number of hydrogen-bond donors (Lipinski definition) is 2. The van der Waals surface area contributed by atoms with Crippen molar-refractivity contribution in [3.8, 4) is 11.5 Å². The molecule has 0 saturated carbocycles. The molecule has 2 N–H and O–H groups in total. The van der Waals surface area contributed by atoms with E-state index in [9.17, 15) is 14.7 Å². The highest BCUT2D eigenvalue weighted by Crippen LogP contribution is 2.33. The van der Waals surface area contributed by atoms with Crippen molar-refractivity contribution < 1.29 is 24.2 Å². The second kappa shape index (κ2) is 9.94. The van der Waals surface area contributed by atoms with Crippen molar-refractivity contribution in [1.82, 2.24) is 10.2 Å². The van der Waals surface area contributed by atoms with Crippen LogP contribution in [0.15, 0.2) is 48.5 Å². The fourth-order valence-electron chi connectivity index (χ4n) is 4.07. The fourth-order valence-corrected chi connectivity index (χ4v) is 4.07. The summed E-state index contributed by atoms with van der Waals surface area (Å²) in [5.74, 6) is 0.602. The van der Waals surface area contributed by atoms with Crippen LogP contribution in [0.25, 0.3) is 0 Å². The quantitative estimate of drug-likeness (QED) is 0.500. The molecule has 2 unspecified atom stereocenters. The zero-order chi connectivity index (χ0) is 21.6. The lowest BCUT2D eigenvalue weighted by Gasteiger charge is -2.29. The molecule has 2 aromatic carbocycles. The highest BCUT2D eigenvalue weighted by atomic mass is 16.6. The maximum absolute atomic E-state index is 12.7. The van der Waals surface area contributed by atoms with Gasteiger partial charge in [-0.25, -0.2) is 0 Å². The fraction of sp³-hybridized carbons (Fsp3) is 0.417. The van der Waals surface area contributed by atoms with E-state index in [1.807, 2.05) is 6.07 Å². The Kier molecular flexibility index (Phi) is 6.84. The Hall–Kier alpha value is -2.90. The van der Waals surface area contributed by atoms with Gasteiger partial charge in [-0.15, -0.1) is 0 Å². The summed E-state index contributed by atoms with van der Waals surface area (Å²) in [6.45, 7) is 3.34. The Morgan fingerprint density at radius 2 is 1.71 bits per heavy atom. The molecule has 0 aromatic heterocycles. The molecule has 2 atom stereocenters. The zero-order valence-corrected chi connectivity index (χ0v) is 17.5. The Labute approximate surface area is 182 Å². The molecule has 4 rings (SSSR count). The summed E-state index contributed by atoms with van der Waals surface area (Å²) in [4.78, 5) is 27.3. The molecule has 164 valence electrons. The van der Waals surface area contributed by atoms with Crippen LogP contribution >= 0.6 is 0 Å². The van der Waals surface area contributed by atoms with Crippen molar-refractivity contribution in [2.45, 2.75) is 31.4 Å². The van der Waals surface area contributed by atoms with Gasteiger partial charge < -0.3 is 24.8 Å². The molecule has 2 aromatic rings. The van der Waals surface area contributed by atoms with Gasteiger partial charge in [-0.3, -0.25) is 9.59 Å². The van der Waals surface area contributed by atoms with E-state index >= 15 is 0 Å². The van der Waals surface area contributed by atoms with E-state index in [4.69, 9.17) is 9.47 Å². The third-order valence-electron chi connectivity index (χ3n) is 5.71. The highest BCUT2D eigenvalue weighted by molar-refractivity contribution is 6.07. The number of fused-ring (bicyclic) bond motifs is 1. The molecule has 31 heavy (non-hydrogen) atoms. The molecule has 7 nitrogen and oxygen atoms in total. The molecular formula is C24H28N2O5. The van der Waals surface area contributed by atoms with Gasteiger partial charge in [0.15, 0.2) is 17.3 Å². The molecule has 2 aliphatic heterocycles. The van der Waals surface area contributed by atoms with E-state index in [0.717, 1.165) is 25.9 Å². The van der Waals surface area contributed by atoms with Crippen molar-refractivity contribution >= 4 is 11.7 Å². The first-order valence-electron chi connectivity index (χ1n) is 10.8. The maximum atomic E-state index is 12.7. The third kappa shape index (κ3) is 5.42. The lowest BCUT2D eigenvalue weighted by Crippen LogP contribution is -2.47. The number of Topliss-reactive ketones (excluding diaryl/α,β-unsaturated/α-hetero) is 1. The van der Waals surface area contributed by atoms with Crippen molar-refractivity contribution in [3.05, 3.63) is 59.7 Å². The first-order valence-corrected chi connectivity index (χ1v) is 10.8. The number of nitrogens with zero attached hydrogens (tertiary/aromatic N) is 1. The predicted octanol–water partition coefficient (Wildman–Crippen LogP) is 2.34. The summed E-state index contributed by atoms with van der Waals surface area (Å²) in [7, 11) is 0. The number of likely N-dealkylation sites (tertiary alicyclic amines) is 1. The number of benzene rings is 2. The summed E-state index contributed by atoms with van der Waals surface area (Å²) < 4.78 is 11.2. The van der Waals surface area contributed by atoms with Crippen LogP contribution in [-0.2, 0) is 4.79 Å². The average molecular weight is 424 g/mol. The summed E-state index contributed by atoms with van der Waals surface area (Å²) in [5.41, 5.74) is 1.14. The first-order chi connectivity index (χ1) is 15.1. The molecule has 1 fully saturated rings. The summed E-state index contributed by atoms with van der Waals surface area (Å²) in [6.07, 6.45) is 1.02. The standard InChI is InChI=1S/C24H28N2O5/c27-20(17-6-2-1-3-7-17)15-23(28)25-19(16-26-10-4-5-11-26)24(29)18-8-9-21-22(14-18)31-13-12-30-21/h1-3,6-9,14,19,24,29H,4-5,10-13,15-16H2,(H,25,28). The molecule has 1 saturated heterocycles. The number of carbonyl (C=O) groups is 2. The smallest absolute Gasteiger partial charge is 0.228 e. The van der Waals surface area contributed by atoms with Gasteiger partial charge in [0.05, 0.1) is 12.5 Å². The number of hydrogen-bond acceptors (Lipinski definition) is 6. The number of amides is 1. The Morgan fingerprint density at radius 1 is 1.00 bits per heavy atom. The molecule has 0 spiro atoms. The topological polar surface area (TPSA) is 88.1 Å². The van der Waals surface area contributed by atoms with Gasteiger partial charge in [0.25, 0.3) is 0 Å². The van der Waals surface area contributed by atoms with E-state index in [0.29, 0.717) is 42.4 Å². The number of aliphatic hydroxyl groups excluding tert-OH is 1. The molecule has 7 heteroatoms. The first kappa shape index (κ1) is 21.3. The zero-order valence-electron chi connectivity index (χ0n) is 17.5. The number of aliphatic hydroxyl groups is 1. The molecule has 1 amide bonds. The maximum Gasteiger partial charge on any atom is 0.228 e. The minimum atomic E-state index is -0.938. The predicted molar refractivity (Wildman–Crippen MR) is 115 cm³/mol. The molecule has 2 aliphatic rings. The van der Waals surface area contributed by atoms with Crippen molar-refractivity contribution in [2.24, 2.45) is 0 Å². The van der Waals surface area contributed by atoms with Crippen LogP contribution in [0.4, 0.5) is 0 Å². The Balaban J connectivity index is 1.47. The van der Waals surface area contributed by atoms with Crippen LogP contribution in [-0.4, -0.2) is 60.6 Å². The largest absolute Gasteiger partial charge is 0.486 e. The van der Waals surface area contributed by atoms with Crippen LogP contribution in [0.1, 0.15) is 41.3 Å². The van der Waals surface area contributed by atoms with Gasteiger partial charge in [-0.1, -0.05) is 36.4 Å². The van der Waals surface area contributed by atoms with E-state index in [2.05, 4.69) is 10.2 Å². The van der Waals surface area contributed by atoms with Gasteiger partial charge >= 0.3 is 0 Å². The van der Waals surface area contributed by atoms with Crippen molar-refractivity contribution in [3.63, 3.8) is 0 Å². The molecule has 0 radical (unpaired) electrons. The monoisotopic (exact) mass is 424 g/mol. The minimum absolute atomic E-state index is 0.244. The number of ketones is 1. The van der Waals surface area contributed by atoms with Crippen molar-refractivity contribution in [1.29, 1.82) is 0 Å². The van der Waals surface area contributed by atoms with E-state index in [-0.39, 0.29) is 12.2 Å². The Bertz CT molecular complexity index is 911. The second-order valence-corrected chi connectivity index (χ2v) is 8.00. The molecule has 0 aliphatic carbocycles. The van der Waals surface area contributed by atoms with E-state index < -0.39 is 18.1 Å². The highest BCUT2D eigenvalue weighted by Gasteiger charge is 2.28. The third-order valence-corrected chi connectivity index (χ3v) is 5.71. The lowest BCUT2D eigenvalue weighted by atomic mass is 10.00. The van der Waals surface area contributed by atoms with Crippen LogP contribution in [0, 0.1) is 0 Å². The van der Waals surface area contributed by atoms with Crippen LogP contribution < -0.4 is 14.8 Å². The minimum Gasteiger partial charge on any atom is -0.486 e. The van der Waals surface area contributed by atoms with Gasteiger partial charge in [-0.05, 0) is 43.6 Å². The van der Waals surface area contributed by atoms with Gasteiger partial charge in [-0.2, -0.15) is 0 Å². The van der Waals surface area contributed by atoms with Crippen LogP contribution in [0.3, 0.4) is 0 Å². The normalized spacial score (nSPS) is 17.7. The average Bonchev–Trinajstić information content (AvgIpc) is 3.31. The Morgan fingerprint density at radius 3 is 2.45 bits per heavy atom. The van der Waals surface area contributed by atoms with Gasteiger partial charge in [0.1, 0.15) is 19.3 Å². The van der Waals surface area contributed by atoms with E-state index in [1.54, 1.807) is 42.5 Å². The molecular weight excluding hydrogens is 396 g/mol. The number of ether oxygens (including phenoxy) is 2. The SMILES string of the molecule is O=C(CC(=O)c1ccccc1)NC(CN1CCCC1)C(O)c1ccc2c(c1)OCCO2. The molecule has 2 heterocycles.